The summed E-state index contributed by atoms with van der Waals surface area (Å²) in [5, 5.41) is 8.87. The Balaban J connectivity index is 1.90. The summed E-state index contributed by atoms with van der Waals surface area (Å²) in [7, 11) is -3.71. The highest BCUT2D eigenvalue weighted by Crippen LogP contribution is 2.21. The molecule has 0 fully saturated rings. The molecule has 0 heterocycles. The normalized spacial score (nSPS) is 12.3. The third-order valence-electron chi connectivity index (χ3n) is 4.08. The van der Waals surface area contributed by atoms with E-state index in [1.54, 1.807) is 0 Å². The van der Waals surface area contributed by atoms with Crippen molar-refractivity contribution in [2.24, 2.45) is 0 Å². The Kier molecular flexibility index (Phi) is 5.47. The zero-order chi connectivity index (χ0) is 18.4. The van der Waals surface area contributed by atoms with Crippen LogP contribution in [0.25, 0.3) is 0 Å². The first-order valence-electron chi connectivity index (χ1n) is 8.20. The molecule has 1 atom stereocenters. The van der Waals surface area contributed by atoms with Crippen LogP contribution in [0, 0.1) is 11.3 Å². The van der Waals surface area contributed by atoms with Crippen molar-refractivity contribution in [1.29, 1.82) is 5.26 Å². The Morgan fingerprint density at radius 2 is 1.42 bits per heavy atom. The van der Waals surface area contributed by atoms with Gasteiger partial charge in [-0.25, -0.2) is 13.1 Å². The molecule has 3 aromatic rings. The van der Waals surface area contributed by atoms with Crippen molar-refractivity contribution in [2.45, 2.75) is 17.4 Å². The number of nitrogens with one attached hydrogen (secondary N) is 1. The van der Waals surface area contributed by atoms with E-state index in [9.17, 15) is 8.42 Å². The molecule has 0 amide bonds. The number of hydrogen-bond acceptors (Lipinski definition) is 3. The number of sulfonamides is 1. The van der Waals surface area contributed by atoms with Crippen molar-refractivity contribution in [3.63, 3.8) is 0 Å². The number of nitrogens with zero attached hydrogens (tertiary/aromatic N) is 1. The molecule has 0 aliphatic carbocycles. The monoisotopic (exact) mass is 362 g/mol. The van der Waals surface area contributed by atoms with E-state index in [-0.39, 0.29) is 10.9 Å². The molecule has 5 heteroatoms. The Labute approximate surface area is 153 Å². The van der Waals surface area contributed by atoms with Gasteiger partial charge in [0, 0.05) is 0 Å². The van der Waals surface area contributed by atoms with Gasteiger partial charge in [0.25, 0.3) is 0 Å². The predicted octanol–water partition coefficient (Wildman–Crippen LogP) is 3.82. The van der Waals surface area contributed by atoms with E-state index in [1.165, 1.54) is 24.3 Å². The molecule has 0 bridgehead atoms. The van der Waals surface area contributed by atoms with Crippen LogP contribution in [-0.2, 0) is 16.4 Å². The van der Waals surface area contributed by atoms with Gasteiger partial charge < -0.3 is 0 Å². The molecule has 1 unspecified atom stereocenters. The molecule has 3 aromatic carbocycles. The first-order valence-corrected chi connectivity index (χ1v) is 9.68. The van der Waals surface area contributed by atoms with Gasteiger partial charge in [0.1, 0.15) is 0 Å². The van der Waals surface area contributed by atoms with Crippen molar-refractivity contribution < 1.29 is 8.42 Å². The Bertz CT molecular complexity index is 993. The highest BCUT2D eigenvalue weighted by Gasteiger charge is 2.21. The van der Waals surface area contributed by atoms with Crippen LogP contribution >= 0.6 is 0 Å². The second kappa shape index (κ2) is 7.96. The molecule has 1 N–H and O–H groups in total. The average molecular weight is 362 g/mol. The topological polar surface area (TPSA) is 70.0 Å². The molecule has 0 saturated carbocycles. The zero-order valence-electron chi connectivity index (χ0n) is 14.0. The minimum Gasteiger partial charge on any atom is -0.207 e. The highest BCUT2D eigenvalue weighted by molar-refractivity contribution is 7.89. The fourth-order valence-corrected chi connectivity index (χ4v) is 3.95. The summed E-state index contributed by atoms with van der Waals surface area (Å²) >= 11 is 0. The van der Waals surface area contributed by atoms with Crippen molar-refractivity contribution in [2.75, 3.05) is 0 Å². The largest absolute Gasteiger partial charge is 0.241 e. The summed E-state index contributed by atoms with van der Waals surface area (Å²) < 4.78 is 28.4. The fourth-order valence-electron chi connectivity index (χ4n) is 2.73. The van der Waals surface area contributed by atoms with E-state index in [4.69, 9.17) is 5.26 Å². The van der Waals surface area contributed by atoms with E-state index in [0.29, 0.717) is 12.0 Å². The molecule has 0 radical (unpaired) electrons. The van der Waals surface area contributed by atoms with Crippen LogP contribution < -0.4 is 4.72 Å². The van der Waals surface area contributed by atoms with Crippen molar-refractivity contribution >= 4 is 10.0 Å². The molecule has 0 spiro atoms. The van der Waals surface area contributed by atoms with Gasteiger partial charge in [-0.2, -0.15) is 5.26 Å². The van der Waals surface area contributed by atoms with E-state index in [0.717, 1.165) is 11.1 Å². The van der Waals surface area contributed by atoms with Crippen LogP contribution in [0.1, 0.15) is 22.7 Å². The molecule has 0 aliphatic rings. The van der Waals surface area contributed by atoms with Crippen LogP contribution in [0.2, 0.25) is 0 Å². The average Bonchev–Trinajstić information content (AvgIpc) is 2.69. The third kappa shape index (κ3) is 4.37. The van der Waals surface area contributed by atoms with E-state index in [2.05, 4.69) is 4.72 Å². The summed E-state index contributed by atoms with van der Waals surface area (Å²) in [6, 6.07) is 26.8. The minimum atomic E-state index is -3.71. The van der Waals surface area contributed by atoms with Crippen LogP contribution in [0.4, 0.5) is 0 Å². The standard InChI is InChI=1S/C21H18N2O2S/c22-16-18-11-13-20(14-12-18)26(24,25)23-21(19-9-5-2-6-10-19)15-17-7-3-1-4-8-17/h1-14,21,23H,15H2. The molecule has 0 aromatic heterocycles. The number of benzene rings is 3. The lowest BCUT2D eigenvalue weighted by Gasteiger charge is -2.19. The van der Waals surface area contributed by atoms with Crippen LogP contribution in [0.15, 0.2) is 89.8 Å². The van der Waals surface area contributed by atoms with Crippen molar-refractivity contribution in [3.8, 4) is 6.07 Å². The van der Waals surface area contributed by atoms with Gasteiger partial charge in [0.15, 0.2) is 0 Å². The van der Waals surface area contributed by atoms with Crippen LogP contribution in [-0.4, -0.2) is 8.42 Å². The smallest absolute Gasteiger partial charge is 0.207 e. The Morgan fingerprint density at radius 1 is 0.846 bits per heavy atom. The first kappa shape index (κ1) is 17.9. The maximum Gasteiger partial charge on any atom is 0.241 e. The predicted molar refractivity (Wildman–Crippen MR) is 101 cm³/mol. The molecule has 0 aliphatic heterocycles. The summed E-state index contributed by atoms with van der Waals surface area (Å²) in [5.41, 5.74) is 2.37. The van der Waals surface area contributed by atoms with Crippen LogP contribution in [0.3, 0.4) is 0 Å². The second-order valence-electron chi connectivity index (χ2n) is 5.91. The molecule has 3 rings (SSSR count). The van der Waals surface area contributed by atoms with E-state index < -0.39 is 10.0 Å². The van der Waals surface area contributed by atoms with Gasteiger partial charge >= 0.3 is 0 Å². The number of nitriles is 1. The van der Waals surface area contributed by atoms with Gasteiger partial charge in [-0.1, -0.05) is 60.7 Å². The van der Waals surface area contributed by atoms with Crippen molar-refractivity contribution in [1.82, 2.24) is 4.72 Å². The number of hydrogen-bond donors (Lipinski definition) is 1. The number of rotatable bonds is 6. The fraction of sp³-hybridized carbons (Fsp3) is 0.0952. The minimum absolute atomic E-state index is 0.144. The Hall–Kier alpha value is -2.94. The third-order valence-corrected chi connectivity index (χ3v) is 5.56. The van der Waals surface area contributed by atoms with Gasteiger partial charge in [-0.15, -0.1) is 0 Å². The lowest BCUT2D eigenvalue weighted by atomic mass is 10.00. The lowest BCUT2D eigenvalue weighted by Crippen LogP contribution is -2.30. The molecular weight excluding hydrogens is 344 g/mol. The van der Waals surface area contributed by atoms with Gasteiger partial charge in [0.05, 0.1) is 22.6 Å². The summed E-state index contributed by atoms with van der Waals surface area (Å²) in [6.07, 6.45) is 0.542. The molecule has 4 nitrogen and oxygen atoms in total. The summed E-state index contributed by atoms with van der Waals surface area (Å²) in [4.78, 5) is 0.144. The molecule has 26 heavy (non-hydrogen) atoms. The second-order valence-corrected chi connectivity index (χ2v) is 7.62. The zero-order valence-corrected chi connectivity index (χ0v) is 14.9. The Morgan fingerprint density at radius 3 is 2.00 bits per heavy atom. The quantitative estimate of drug-likeness (QED) is 0.725. The molecular formula is C21H18N2O2S. The maximum absolute atomic E-state index is 12.8. The molecule has 130 valence electrons. The maximum atomic E-state index is 12.8. The summed E-state index contributed by atoms with van der Waals surface area (Å²) in [6.45, 7) is 0. The lowest BCUT2D eigenvalue weighted by molar-refractivity contribution is 0.555. The SMILES string of the molecule is N#Cc1ccc(S(=O)(=O)NC(Cc2ccccc2)c2ccccc2)cc1. The van der Waals surface area contributed by atoms with E-state index >= 15 is 0 Å². The van der Waals surface area contributed by atoms with Crippen LogP contribution in [0.5, 0.6) is 0 Å². The van der Waals surface area contributed by atoms with E-state index in [1.807, 2.05) is 66.7 Å². The summed E-state index contributed by atoms with van der Waals surface area (Å²) in [5.74, 6) is 0. The highest BCUT2D eigenvalue weighted by atomic mass is 32.2. The van der Waals surface area contributed by atoms with Gasteiger partial charge in [-0.3, -0.25) is 0 Å². The molecule has 0 saturated heterocycles. The van der Waals surface area contributed by atoms with Gasteiger partial charge in [-0.05, 0) is 41.8 Å². The van der Waals surface area contributed by atoms with Crippen molar-refractivity contribution in [3.05, 3.63) is 102 Å². The van der Waals surface area contributed by atoms with Gasteiger partial charge in [0.2, 0.25) is 10.0 Å². The first-order chi connectivity index (χ1) is 12.6.